The molecule has 0 unspecified atom stereocenters. The lowest BCUT2D eigenvalue weighted by molar-refractivity contribution is 0.409. The fourth-order valence-corrected chi connectivity index (χ4v) is 1.89. The minimum absolute atomic E-state index is 0.230. The number of phenols is 1. The summed E-state index contributed by atoms with van der Waals surface area (Å²) < 4.78 is 6.62. The molecule has 0 saturated carbocycles. The van der Waals surface area contributed by atoms with E-state index >= 15 is 0 Å². The van der Waals surface area contributed by atoms with Crippen molar-refractivity contribution in [3.8, 4) is 11.5 Å². The first kappa shape index (κ1) is 13.5. The average Bonchev–Trinajstić information content (AvgIpc) is 2.23. The van der Waals surface area contributed by atoms with Crippen molar-refractivity contribution >= 4 is 31.9 Å². The number of nitrogens with one attached hydrogen (secondary N) is 1. The van der Waals surface area contributed by atoms with Gasteiger partial charge in [-0.3, -0.25) is 0 Å². The predicted octanol–water partition coefficient (Wildman–Crippen LogP) is 3.16. The normalized spacial score (nSPS) is 10.2. The van der Waals surface area contributed by atoms with Crippen LogP contribution in [-0.2, 0) is 6.54 Å². The standard InChI is InChI=1S/C11H13Br2NO2/c1-7(12)5-14-6-8-3-9(16-2)4-10(13)11(8)15/h3-4,14-15H,1,5-6H2,2H3. The van der Waals surface area contributed by atoms with Gasteiger partial charge in [-0.2, -0.15) is 0 Å². The van der Waals surface area contributed by atoms with Crippen molar-refractivity contribution in [2.45, 2.75) is 6.54 Å². The highest BCUT2D eigenvalue weighted by molar-refractivity contribution is 9.11. The average molecular weight is 351 g/mol. The molecular weight excluding hydrogens is 338 g/mol. The summed E-state index contributed by atoms with van der Waals surface area (Å²) in [5, 5.41) is 12.9. The Morgan fingerprint density at radius 3 is 2.81 bits per heavy atom. The number of phenolic OH excluding ortho intramolecular Hbond substituents is 1. The van der Waals surface area contributed by atoms with E-state index in [1.54, 1.807) is 19.2 Å². The molecule has 0 amide bonds. The summed E-state index contributed by atoms with van der Waals surface area (Å²) in [5.41, 5.74) is 0.778. The smallest absolute Gasteiger partial charge is 0.134 e. The monoisotopic (exact) mass is 349 g/mol. The maximum Gasteiger partial charge on any atom is 0.134 e. The first-order valence-electron chi connectivity index (χ1n) is 4.64. The molecule has 5 heteroatoms. The molecule has 1 aromatic rings. The number of benzene rings is 1. The molecule has 0 aliphatic heterocycles. The number of rotatable bonds is 5. The number of aromatic hydroxyl groups is 1. The van der Waals surface area contributed by atoms with Crippen LogP contribution in [0.2, 0.25) is 0 Å². The van der Waals surface area contributed by atoms with Crippen molar-refractivity contribution in [2.75, 3.05) is 13.7 Å². The molecule has 0 radical (unpaired) electrons. The van der Waals surface area contributed by atoms with Crippen LogP contribution in [0.25, 0.3) is 0 Å². The number of hydrogen-bond donors (Lipinski definition) is 2. The van der Waals surface area contributed by atoms with Gasteiger partial charge in [0.25, 0.3) is 0 Å². The second-order valence-electron chi connectivity index (χ2n) is 3.24. The zero-order valence-electron chi connectivity index (χ0n) is 8.89. The summed E-state index contributed by atoms with van der Waals surface area (Å²) in [6.07, 6.45) is 0. The maximum atomic E-state index is 9.81. The fourth-order valence-electron chi connectivity index (χ4n) is 1.21. The summed E-state index contributed by atoms with van der Waals surface area (Å²) in [7, 11) is 1.59. The zero-order chi connectivity index (χ0) is 12.1. The molecule has 88 valence electrons. The second-order valence-corrected chi connectivity index (χ2v) is 5.21. The first-order chi connectivity index (χ1) is 7.54. The molecule has 3 nitrogen and oxygen atoms in total. The van der Waals surface area contributed by atoms with Crippen molar-refractivity contribution in [3.63, 3.8) is 0 Å². The van der Waals surface area contributed by atoms with Gasteiger partial charge in [-0.15, -0.1) is 0 Å². The van der Waals surface area contributed by atoms with Crippen LogP contribution in [0.1, 0.15) is 5.56 Å². The van der Waals surface area contributed by atoms with Crippen molar-refractivity contribution in [1.29, 1.82) is 0 Å². The van der Waals surface area contributed by atoms with Crippen molar-refractivity contribution in [1.82, 2.24) is 5.32 Å². The van der Waals surface area contributed by atoms with Crippen LogP contribution in [0.4, 0.5) is 0 Å². The number of ether oxygens (including phenoxy) is 1. The van der Waals surface area contributed by atoms with Crippen LogP contribution in [0.15, 0.2) is 27.7 Å². The Balaban J connectivity index is 2.78. The van der Waals surface area contributed by atoms with Gasteiger partial charge in [-0.05, 0) is 28.1 Å². The molecule has 0 heterocycles. The summed E-state index contributed by atoms with van der Waals surface area (Å²) in [5.74, 6) is 0.938. The Kier molecular flexibility index (Phi) is 5.31. The van der Waals surface area contributed by atoms with E-state index in [1.165, 1.54) is 0 Å². The lowest BCUT2D eigenvalue weighted by atomic mass is 10.2. The Labute approximate surface area is 112 Å². The summed E-state index contributed by atoms with van der Waals surface area (Å²) in [6.45, 7) is 4.91. The number of hydrogen-bond acceptors (Lipinski definition) is 3. The number of methoxy groups -OCH3 is 1. The topological polar surface area (TPSA) is 41.5 Å². The molecule has 0 saturated heterocycles. The lowest BCUT2D eigenvalue weighted by Crippen LogP contribution is -2.14. The molecule has 0 spiro atoms. The maximum absolute atomic E-state index is 9.81. The van der Waals surface area contributed by atoms with E-state index in [4.69, 9.17) is 4.74 Å². The van der Waals surface area contributed by atoms with E-state index in [-0.39, 0.29) is 5.75 Å². The molecule has 1 rings (SSSR count). The predicted molar refractivity (Wildman–Crippen MR) is 72.1 cm³/mol. The molecule has 0 aliphatic carbocycles. The lowest BCUT2D eigenvalue weighted by Gasteiger charge is -2.10. The van der Waals surface area contributed by atoms with Gasteiger partial charge in [-0.25, -0.2) is 0 Å². The van der Waals surface area contributed by atoms with Gasteiger partial charge in [0.1, 0.15) is 11.5 Å². The minimum atomic E-state index is 0.230. The van der Waals surface area contributed by atoms with Crippen LogP contribution in [0, 0.1) is 0 Å². The van der Waals surface area contributed by atoms with Gasteiger partial charge in [0.2, 0.25) is 0 Å². The molecule has 0 atom stereocenters. The quantitative estimate of drug-likeness (QED) is 0.857. The van der Waals surface area contributed by atoms with Crippen molar-refractivity contribution < 1.29 is 9.84 Å². The molecule has 1 aromatic carbocycles. The van der Waals surface area contributed by atoms with Crippen LogP contribution in [0.3, 0.4) is 0 Å². The molecular formula is C11H13Br2NO2. The van der Waals surface area contributed by atoms with Gasteiger partial charge in [0.15, 0.2) is 0 Å². The van der Waals surface area contributed by atoms with Crippen LogP contribution in [-0.4, -0.2) is 18.8 Å². The van der Waals surface area contributed by atoms with Crippen LogP contribution >= 0.6 is 31.9 Å². The van der Waals surface area contributed by atoms with E-state index in [0.717, 1.165) is 10.0 Å². The second kappa shape index (κ2) is 6.27. The largest absolute Gasteiger partial charge is 0.506 e. The van der Waals surface area contributed by atoms with Gasteiger partial charge in [-0.1, -0.05) is 22.5 Å². The highest BCUT2D eigenvalue weighted by Gasteiger charge is 2.08. The van der Waals surface area contributed by atoms with E-state index in [9.17, 15) is 5.11 Å². The Bertz CT molecular complexity index is 394. The first-order valence-corrected chi connectivity index (χ1v) is 6.22. The van der Waals surface area contributed by atoms with Gasteiger partial charge >= 0.3 is 0 Å². The highest BCUT2D eigenvalue weighted by atomic mass is 79.9. The number of halogens is 2. The molecule has 2 N–H and O–H groups in total. The third-order valence-electron chi connectivity index (χ3n) is 1.98. The summed E-state index contributed by atoms with van der Waals surface area (Å²) >= 11 is 6.53. The Morgan fingerprint density at radius 1 is 1.56 bits per heavy atom. The molecule has 0 aliphatic rings. The van der Waals surface area contributed by atoms with Gasteiger partial charge < -0.3 is 15.2 Å². The third-order valence-corrected chi connectivity index (χ3v) is 2.87. The molecule has 0 aromatic heterocycles. The molecule has 0 bridgehead atoms. The third kappa shape index (κ3) is 3.81. The van der Waals surface area contributed by atoms with Crippen LogP contribution in [0.5, 0.6) is 11.5 Å². The van der Waals surface area contributed by atoms with E-state index in [0.29, 0.717) is 23.3 Å². The highest BCUT2D eigenvalue weighted by Crippen LogP contribution is 2.32. The summed E-state index contributed by atoms with van der Waals surface area (Å²) in [6, 6.07) is 3.52. The van der Waals surface area contributed by atoms with Crippen molar-refractivity contribution in [3.05, 3.63) is 33.2 Å². The van der Waals surface area contributed by atoms with Crippen LogP contribution < -0.4 is 10.1 Å². The minimum Gasteiger partial charge on any atom is -0.506 e. The van der Waals surface area contributed by atoms with E-state index < -0.39 is 0 Å². The zero-order valence-corrected chi connectivity index (χ0v) is 12.1. The van der Waals surface area contributed by atoms with E-state index in [1.807, 2.05) is 0 Å². The van der Waals surface area contributed by atoms with Gasteiger partial charge in [0.05, 0.1) is 11.6 Å². The summed E-state index contributed by atoms with van der Waals surface area (Å²) in [4.78, 5) is 0. The van der Waals surface area contributed by atoms with Crippen molar-refractivity contribution in [2.24, 2.45) is 0 Å². The SMILES string of the molecule is C=C(Br)CNCc1cc(OC)cc(Br)c1O. The molecule has 0 fully saturated rings. The van der Waals surface area contributed by atoms with E-state index in [2.05, 4.69) is 43.8 Å². The molecule has 16 heavy (non-hydrogen) atoms. The Morgan fingerprint density at radius 2 is 2.25 bits per heavy atom. The fraction of sp³-hybridized carbons (Fsp3) is 0.273. The van der Waals surface area contributed by atoms with Gasteiger partial charge in [0, 0.05) is 23.1 Å². The Hall–Kier alpha value is -0.520.